The Hall–Kier alpha value is -0.690. The molecule has 0 spiro atoms. The monoisotopic (exact) mass is 319 g/mol. The van der Waals surface area contributed by atoms with E-state index in [2.05, 4.69) is 23.6 Å². The summed E-state index contributed by atoms with van der Waals surface area (Å²) in [7, 11) is 0.242. The van der Waals surface area contributed by atoms with Crippen molar-refractivity contribution in [3.8, 4) is 0 Å². The summed E-state index contributed by atoms with van der Waals surface area (Å²) >= 11 is 5.79. The minimum atomic E-state index is -3.60. The lowest BCUT2D eigenvalue weighted by Crippen LogP contribution is -2.42. The van der Waals surface area contributed by atoms with Crippen molar-refractivity contribution in [1.82, 2.24) is 14.6 Å². The molecule has 0 aromatic carbocycles. The topological polar surface area (TPSA) is 62.3 Å². The number of nitrogens with one attached hydrogen (secondary N) is 1. The highest BCUT2D eigenvalue weighted by atomic mass is 35.5. The average molecular weight is 320 g/mol. The van der Waals surface area contributed by atoms with Crippen molar-refractivity contribution >= 4 is 21.6 Å². The molecule has 5 nitrogen and oxygen atoms in total. The molecule has 114 valence electrons. The molecule has 0 fully saturated rings. The smallest absolute Gasteiger partial charge is 0.242 e. The van der Waals surface area contributed by atoms with Crippen LogP contribution >= 0.6 is 11.6 Å². The summed E-state index contributed by atoms with van der Waals surface area (Å²) in [5.74, 6) is 0.403. The van der Waals surface area contributed by atoms with E-state index in [0.717, 1.165) is 6.42 Å². The fraction of sp³-hybridized carbons (Fsp3) is 0.615. The van der Waals surface area contributed by atoms with Gasteiger partial charge in [0.05, 0.1) is 5.02 Å². The number of likely N-dealkylation sites (N-methyl/N-ethyl adjacent to an activating group) is 1. The Kier molecular flexibility index (Phi) is 6.39. The predicted molar refractivity (Wildman–Crippen MR) is 81.4 cm³/mol. The van der Waals surface area contributed by atoms with E-state index in [4.69, 9.17) is 11.6 Å². The minimum Gasteiger partial charge on any atom is -0.308 e. The zero-order valence-electron chi connectivity index (χ0n) is 12.3. The standard InChI is InChI=1S/C13H22ClN3O2S/c1-10(2)5-12(9-17(3)4)16-20(18,19)13-6-11(14)7-15-8-13/h6-8,10,12,16H,5,9H2,1-4H3. The molecular formula is C13H22ClN3O2S. The molecule has 7 heteroatoms. The molecule has 0 bridgehead atoms. The molecule has 1 atom stereocenters. The van der Waals surface area contributed by atoms with Crippen molar-refractivity contribution in [2.75, 3.05) is 20.6 Å². The maximum atomic E-state index is 12.3. The van der Waals surface area contributed by atoms with Gasteiger partial charge in [-0.3, -0.25) is 4.98 Å². The molecule has 1 N–H and O–H groups in total. The lowest BCUT2D eigenvalue weighted by Gasteiger charge is -2.23. The maximum Gasteiger partial charge on any atom is 0.242 e. The van der Waals surface area contributed by atoms with Crippen LogP contribution in [-0.2, 0) is 10.0 Å². The lowest BCUT2D eigenvalue weighted by molar-refractivity contribution is 0.329. The molecule has 1 heterocycles. The summed E-state index contributed by atoms with van der Waals surface area (Å²) < 4.78 is 27.4. The van der Waals surface area contributed by atoms with Crippen molar-refractivity contribution in [3.05, 3.63) is 23.5 Å². The van der Waals surface area contributed by atoms with Gasteiger partial charge in [0.25, 0.3) is 0 Å². The predicted octanol–water partition coefficient (Wildman–Crippen LogP) is 1.99. The SMILES string of the molecule is CC(C)CC(CN(C)C)NS(=O)(=O)c1cncc(Cl)c1. The number of hydrogen-bond acceptors (Lipinski definition) is 4. The molecule has 0 aliphatic carbocycles. The van der Waals surface area contributed by atoms with E-state index < -0.39 is 10.0 Å². The first-order chi connectivity index (χ1) is 9.20. The van der Waals surface area contributed by atoms with E-state index in [1.54, 1.807) is 0 Å². The molecule has 0 saturated heterocycles. The van der Waals surface area contributed by atoms with Crippen LogP contribution in [0.1, 0.15) is 20.3 Å². The van der Waals surface area contributed by atoms with Crippen LogP contribution in [0.4, 0.5) is 0 Å². The highest BCUT2D eigenvalue weighted by molar-refractivity contribution is 7.89. The van der Waals surface area contributed by atoms with Crippen LogP contribution < -0.4 is 4.72 Å². The fourth-order valence-electron chi connectivity index (χ4n) is 2.00. The van der Waals surface area contributed by atoms with Gasteiger partial charge in [0.15, 0.2) is 0 Å². The van der Waals surface area contributed by atoms with Gasteiger partial charge in [0.1, 0.15) is 4.90 Å². The minimum absolute atomic E-state index is 0.0949. The van der Waals surface area contributed by atoms with Crippen molar-refractivity contribution < 1.29 is 8.42 Å². The van der Waals surface area contributed by atoms with Gasteiger partial charge < -0.3 is 4.90 Å². The summed E-state index contributed by atoms with van der Waals surface area (Å²) in [4.78, 5) is 5.88. The maximum absolute atomic E-state index is 12.3. The van der Waals surface area contributed by atoms with Gasteiger partial charge >= 0.3 is 0 Å². The first-order valence-electron chi connectivity index (χ1n) is 6.48. The molecule has 1 aromatic rings. The number of aromatic nitrogens is 1. The van der Waals surface area contributed by atoms with Crippen molar-refractivity contribution in [3.63, 3.8) is 0 Å². The Bertz CT molecular complexity index is 522. The molecule has 0 saturated carbocycles. The number of hydrogen-bond donors (Lipinski definition) is 1. The van der Waals surface area contributed by atoms with Gasteiger partial charge in [0.2, 0.25) is 10.0 Å². The summed E-state index contributed by atoms with van der Waals surface area (Å²) in [5.41, 5.74) is 0. The second kappa shape index (κ2) is 7.36. The number of nitrogens with zero attached hydrogens (tertiary/aromatic N) is 2. The zero-order chi connectivity index (χ0) is 15.3. The van der Waals surface area contributed by atoms with Gasteiger partial charge in [-0.25, -0.2) is 13.1 Å². The van der Waals surface area contributed by atoms with Gasteiger partial charge in [-0.15, -0.1) is 0 Å². The molecule has 1 rings (SSSR count). The van der Waals surface area contributed by atoms with Gasteiger partial charge in [-0.2, -0.15) is 0 Å². The molecule has 1 unspecified atom stereocenters. The Morgan fingerprint density at radius 1 is 1.35 bits per heavy atom. The first-order valence-corrected chi connectivity index (χ1v) is 8.34. The molecule has 0 aliphatic heterocycles. The summed E-state index contributed by atoms with van der Waals surface area (Å²) in [5, 5.41) is 0.306. The number of pyridine rings is 1. The molecule has 0 radical (unpaired) electrons. The third kappa shape index (κ3) is 5.75. The molecule has 0 amide bonds. The number of rotatable bonds is 7. The Labute approximate surface area is 126 Å². The second-order valence-corrected chi connectivity index (χ2v) is 7.70. The van der Waals surface area contributed by atoms with E-state index in [1.165, 1.54) is 18.5 Å². The first kappa shape index (κ1) is 17.4. The Morgan fingerprint density at radius 3 is 2.50 bits per heavy atom. The van der Waals surface area contributed by atoms with Crippen molar-refractivity contribution in [2.45, 2.75) is 31.2 Å². The summed E-state index contributed by atoms with van der Waals surface area (Å²) in [6.45, 7) is 4.78. The van der Waals surface area contributed by atoms with Gasteiger partial charge in [-0.1, -0.05) is 25.4 Å². The average Bonchev–Trinajstić information content (AvgIpc) is 2.26. The highest BCUT2D eigenvalue weighted by Gasteiger charge is 2.22. The fourth-order valence-corrected chi connectivity index (χ4v) is 3.46. The van der Waals surface area contributed by atoms with Crippen LogP contribution in [0.2, 0.25) is 5.02 Å². The normalized spacial score (nSPS) is 13.9. The molecule has 20 heavy (non-hydrogen) atoms. The van der Waals surface area contributed by atoms with Gasteiger partial charge in [-0.05, 0) is 32.5 Å². The van der Waals surface area contributed by atoms with Crippen LogP contribution in [0.25, 0.3) is 0 Å². The van der Waals surface area contributed by atoms with Crippen LogP contribution in [0.15, 0.2) is 23.4 Å². The molecular weight excluding hydrogens is 298 g/mol. The summed E-state index contributed by atoms with van der Waals surface area (Å²) in [6.07, 6.45) is 3.48. The molecule has 0 aliphatic rings. The highest BCUT2D eigenvalue weighted by Crippen LogP contribution is 2.15. The van der Waals surface area contributed by atoms with Gasteiger partial charge in [0, 0.05) is 25.0 Å². The van der Waals surface area contributed by atoms with Crippen LogP contribution in [-0.4, -0.2) is 45.0 Å². The zero-order valence-corrected chi connectivity index (χ0v) is 13.9. The van der Waals surface area contributed by atoms with Crippen LogP contribution in [0.5, 0.6) is 0 Å². The van der Waals surface area contributed by atoms with E-state index in [1.807, 2.05) is 19.0 Å². The third-order valence-electron chi connectivity index (χ3n) is 2.65. The number of sulfonamides is 1. The summed E-state index contributed by atoms with van der Waals surface area (Å²) in [6, 6.07) is 1.26. The van der Waals surface area contributed by atoms with Crippen molar-refractivity contribution in [2.24, 2.45) is 5.92 Å². The van der Waals surface area contributed by atoms with E-state index in [9.17, 15) is 8.42 Å². The quantitative estimate of drug-likeness (QED) is 0.835. The van der Waals surface area contributed by atoms with Crippen LogP contribution in [0, 0.1) is 5.92 Å². The Balaban J connectivity index is 2.90. The lowest BCUT2D eigenvalue weighted by atomic mass is 10.0. The van der Waals surface area contributed by atoms with Crippen molar-refractivity contribution in [1.29, 1.82) is 0 Å². The van der Waals surface area contributed by atoms with Crippen LogP contribution in [0.3, 0.4) is 0 Å². The second-order valence-electron chi connectivity index (χ2n) is 5.55. The largest absolute Gasteiger partial charge is 0.308 e. The number of halogens is 1. The van der Waals surface area contributed by atoms with E-state index >= 15 is 0 Å². The van der Waals surface area contributed by atoms with E-state index in [-0.39, 0.29) is 10.9 Å². The Morgan fingerprint density at radius 2 is 2.00 bits per heavy atom. The van der Waals surface area contributed by atoms with E-state index in [0.29, 0.717) is 17.5 Å². The molecule has 1 aromatic heterocycles. The third-order valence-corrected chi connectivity index (χ3v) is 4.35.